The molecule has 0 saturated heterocycles. The van der Waals surface area contributed by atoms with Crippen LogP contribution in [0.3, 0.4) is 0 Å². The van der Waals surface area contributed by atoms with Gasteiger partial charge in [-0.25, -0.2) is 4.98 Å². The van der Waals surface area contributed by atoms with Crippen LogP contribution >= 0.6 is 11.3 Å². The quantitative estimate of drug-likeness (QED) is 0.784. The maximum absolute atomic E-state index is 12.7. The summed E-state index contributed by atoms with van der Waals surface area (Å²) in [4.78, 5) is 31.4. The highest BCUT2D eigenvalue weighted by Crippen LogP contribution is 2.34. The summed E-state index contributed by atoms with van der Waals surface area (Å²) in [7, 11) is 1.76. The van der Waals surface area contributed by atoms with Gasteiger partial charge in [0.05, 0.1) is 17.4 Å². The summed E-state index contributed by atoms with van der Waals surface area (Å²) >= 11 is 1.60. The number of fused-ring (bicyclic) bond motifs is 3. The number of hydrogen-bond acceptors (Lipinski definition) is 5. The van der Waals surface area contributed by atoms with E-state index in [1.165, 1.54) is 15.8 Å². The second-order valence-corrected chi connectivity index (χ2v) is 7.14. The normalized spacial score (nSPS) is 13.4. The number of aryl methyl sites for hydroxylation is 4. The SMILES string of the molecule is Cc1cc(NC(=O)Cn2cnc3sc4c(c3c2=O)CCC4)n(C)n1. The summed E-state index contributed by atoms with van der Waals surface area (Å²) < 4.78 is 2.98. The van der Waals surface area contributed by atoms with Gasteiger partial charge in [-0.05, 0) is 31.7 Å². The molecule has 3 aromatic heterocycles. The summed E-state index contributed by atoms with van der Waals surface area (Å²) in [6, 6.07) is 1.79. The van der Waals surface area contributed by atoms with Gasteiger partial charge in [-0.2, -0.15) is 5.10 Å². The van der Waals surface area contributed by atoms with Gasteiger partial charge >= 0.3 is 0 Å². The van der Waals surface area contributed by atoms with Crippen molar-refractivity contribution < 1.29 is 4.79 Å². The molecule has 24 heavy (non-hydrogen) atoms. The third-order valence-electron chi connectivity index (χ3n) is 4.28. The Bertz CT molecular complexity index is 1010. The zero-order valence-corrected chi connectivity index (χ0v) is 14.3. The van der Waals surface area contributed by atoms with Crippen molar-refractivity contribution in [1.29, 1.82) is 0 Å². The Hall–Kier alpha value is -2.48. The van der Waals surface area contributed by atoms with Gasteiger partial charge in [-0.3, -0.25) is 18.8 Å². The monoisotopic (exact) mass is 343 g/mol. The van der Waals surface area contributed by atoms with E-state index in [-0.39, 0.29) is 18.0 Å². The molecule has 7 nitrogen and oxygen atoms in total. The van der Waals surface area contributed by atoms with Gasteiger partial charge in [-0.1, -0.05) is 0 Å². The van der Waals surface area contributed by atoms with Crippen molar-refractivity contribution in [2.45, 2.75) is 32.7 Å². The van der Waals surface area contributed by atoms with E-state index in [0.29, 0.717) is 11.2 Å². The van der Waals surface area contributed by atoms with Gasteiger partial charge < -0.3 is 5.32 Å². The summed E-state index contributed by atoms with van der Waals surface area (Å²) in [6.45, 7) is 1.80. The molecule has 0 spiro atoms. The summed E-state index contributed by atoms with van der Waals surface area (Å²) in [5.41, 5.74) is 1.82. The molecule has 8 heteroatoms. The van der Waals surface area contributed by atoms with E-state index >= 15 is 0 Å². The minimum Gasteiger partial charge on any atom is -0.309 e. The van der Waals surface area contributed by atoms with E-state index in [1.807, 2.05) is 6.92 Å². The number of carbonyl (C=O) groups is 1. The number of thiophene rings is 1. The van der Waals surface area contributed by atoms with Crippen molar-refractivity contribution in [3.8, 4) is 0 Å². The lowest BCUT2D eigenvalue weighted by molar-refractivity contribution is -0.116. The van der Waals surface area contributed by atoms with Crippen LogP contribution in [0.15, 0.2) is 17.2 Å². The molecular weight excluding hydrogens is 326 g/mol. The zero-order valence-electron chi connectivity index (χ0n) is 13.5. The minimum atomic E-state index is -0.270. The highest BCUT2D eigenvalue weighted by atomic mass is 32.1. The fraction of sp³-hybridized carbons (Fsp3) is 0.375. The lowest BCUT2D eigenvalue weighted by Gasteiger charge is -2.07. The maximum atomic E-state index is 12.7. The molecule has 0 aliphatic heterocycles. The van der Waals surface area contributed by atoms with Gasteiger partial charge in [0.25, 0.3) is 5.56 Å². The average Bonchev–Trinajstić information content (AvgIpc) is 3.17. The molecule has 0 radical (unpaired) electrons. The van der Waals surface area contributed by atoms with Crippen LogP contribution in [0.1, 0.15) is 22.6 Å². The molecule has 124 valence electrons. The Kier molecular flexibility index (Phi) is 3.49. The lowest BCUT2D eigenvalue weighted by Crippen LogP contribution is -2.28. The van der Waals surface area contributed by atoms with Crippen LogP contribution in [-0.2, 0) is 31.2 Å². The standard InChI is InChI=1S/C16H17N5O2S/c1-9-6-12(20(2)19-9)18-13(22)7-21-8-17-15-14(16(21)23)10-4-3-5-11(10)24-15/h6,8H,3-5,7H2,1-2H3,(H,18,22). The average molecular weight is 343 g/mol. The number of aromatic nitrogens is 4. The van der Waals surface area contributed by atoms with E-state index in [2.05, 4.69) is 15.4 Å². The van der Waals surface area contributed by atoms with E-state index in [9.17, 15) is 9.59 Å². The molecular formula is C16H17N5O2S. The second-order valence-electron chi connectivity index (χ2n) is 6.06. The first-order valence-corrected chi connectivity index (χ1v) is 8.65. The predicted octanol–water partition coefficient (Wildman–Crippen LogP) is 1.63. The van der Waals surface area contributed by atoms with Gasteiger partial charge in [0, 0.05) is 18.0 Å². The van der Waals surface area contributed by atoms with Crippen molar-refractivity contribution in [2.24, 2.45) is 7.05 Å². The highest BCUT2D eigenvalue weighted by molar-refractivity contribution is 7.18. The molecule has 3 heterocycles. The molecule has 1 aliphatic rings. The van der Waals surface area contributed by atoms with Gasteiger partial charge in [0.15, 0.2) is 0 Å². The van der Waals surface area contributed by atoms with Crippen LogP contribution in [0, 0.1) is 6.92 Å². The molecule has 1 N–H and O–H groups in total. The number of hydrogen-bond donors (Lipinski definition) is 1. The number of carbonyl (C=O) groups excluding carboxylic acids is 1. The Morgan fingerprint density at radius 1 is 1.42 bits per heavy atom. The van der Waals surface area contributed by atoms with Crippen LogP contribution < -0.4 is 10.9 Å². The summed E-state index contributed by atoms with van der Waals surface area (Å²) in [5.74, 6) is 0.337. The summed E-state index contributed by atoms with van der Waals surface area (Å²) in [5, 5.41) is 7.66. The van der Waals surface area contributed by atoms with Crippen LogP contribution in [0.5, 0.6) is 0 Å². The molecule has 4 rings (SSSR count). The van der Waals surface area contributed by atoms with Crippen LogP contribution in [0.4, 0.5) is 5.82 Å². The first kappa shape index (κ1) is 15.1. The van der Waals surface area contributed by atoms with Crippen molar-refractivity contribution in [1.82, 2.24) is 19.3 Å². The Balaban J connectivity index is 1.62. The van der Waals surface area contributed by atoms with Gasteiger partial charge in [0.1, 0.15) is 17.2 Å². The number of nitrogens with one attached hydrogen (secondary N) is 1. The first-order valence-electron chi connectivity index (χ1n) is 7.83. The fourth-order valence-electron chi connectivity index (χ4n) is 3.20. The molecule has 3 aromatic rings. The lowest BCUT2D eigenvalue weighted by atomic mass is 10.2. The number of nitrogens with zero attached hydrogens (tertiary/aromatic N) is 4. The smallest absolute Gasteiger partial charge is 0.262 e. The van der Waals surface area contributed by atoms with Crippen LogP contribution in [0.25, 0.3) is 10.2 Å². The largest absolute Gasteiger partial charge is 0.309 e. The Morgan fingerprint density at radius 3 is 3.00 bits per heavy atom. The van der Waals surface area contributed by atoms with Crippen molar-refractivity contribution >= 4 is 33.3 Å². The fourth-order valence-corrected chi connectivity index (χ4v) is 4.42. The van der Waals surface area contributed by atoms with E-state index < -0.39 is 0 Å². The first-order chi connectivity index (χ1) is 11.5. The van der Waals surface area contributed by atoms with E-state index in [0.717, 1.165) is 35.4 Å². The molecule has 1 aliphatic carbocycles. The number of anilines is 1. The third-order valence-corrected chi connectivity index (χ3v) is 5.48. The van der Waals surface area contributed by atoms with Crippen LogP contribution in [-0.4, -0.2) is 25.2 Å². The van der Waals surface area contributed by atoms with Crippen LogP contribution in [0.2, 0.25) is 0 Å². The third kappa shape index (κ3) is 2.43. The second kappa shape index (κ2) is 5.55. The van der Waals surface area contributed by atoms with Gasteiger partial charge in [-0.15, -0.1) is 11.3 Å². The van der Waals surface area contributed by atoms with Crippen molar-refractivity contribution in [3.63, 3.8) is 0 Å². The molecule has 0 unspecified atom stereocenters. The molecule has 0 atom stereocenters. The minimum absolute atomic E-state index is 0.0589. The van der Waals surface area contributed by atoms with Gasteiger partial charge in [0.2, 0.25) is 5.91 Å². The zero-order chi connectivity index (χ0) is 16.8. The van der Waals surface area contributed by atoms with Crippen molar-refractivity contribution in [3.05, 3.63) is 38.9 Å². The Morgan fingerprint density at radius 2 is 2.25 bits per heavy atom. The predicted molar refractivity (Wildman–Crippen MR) is 92.5 cm³/mol. The molecule has 1 amide bonds. The Labute approximate surface area is 141 Å². The molecule has 0 aromatic carbocycles. The highest BCUT2D eigenvalue weighted by Gasteiger charge is 2.21. The number of rotatable bonds is 3. The molecule has 0 saturated carbocycles. The van der Waals surface area contributed by atoms with E-state index in [1.54, 1.807) is 29.1 Å². The molecule has 0 bridgehead atoms. The maximum Gasteiger partial charge on any atom is 0.262 e. The van der Waals surface area contributed by atoms with E-state index in [4.69, 9.17) is 0 Å². The topological polar surface area (TPSA) is 81.8 Å². The number of amides is 1. The van der Waals surface area contributed by atoms with Crippen molar-refractivity contribution in [2.75, 3.05) is 5.32 Å². The molecule has 0 fully saturated rings. The summed E-state index contributed by atoms with van der Waals surface area (Å²) in [6.07, 6.45) is 4.50.